The van der Waals surface area contributed by atoms with E-state index in [1.165, 1.54) is 11.8 Å². The van der Waals surface area contributed by atoms with E-state index in [4.69, 9.17) is 11.4 Å². The molecule has 1 amide bonds. The first-order chi connectivity index (χ1) is 16.7. The molecule has 34 heavy (non-hydrogen) atoms. The predicted molar refractivity (Wildman–Crippen MR) is 141 cm³/mol. The van der Waals surface area contributed by atoms with Crippen molar-refractivity contribution >= 4 is 39.8 Å². The van der Waals surface area contributed by atoms with E-state index in [1.807, 2.05) is 95.7 Å². The summed E-state index contributed by atoms with van der Waals surface area (Å²) in [7, 11) is 0. The minimum absolute atomic E-state index is 0.0329. The van der Waals surface area contributed by atoms with Crippen LogP contribution in [-0.4, -0.2) is 20.5 Å². The summed E-state index contributed by atoms with van der Waals surface area (Å²) < 4.78 is 2.04. The van der Waals surface area contributed by atoms with Crippen LogP contribution in [0.3, 0.4) is 0 Å². The van der Waals surface area contributed by atoms with Crippen LogP contribution in [0.1, 0.15) is 16.7 Å². The Bertz CT molecular complexity index is 1430. The Morgan fingerprint density at radius 3 is 2.32 bits per heavy atom. The molecule has 0 spiro atoms. The van der Waals surface area contributed by atoms with E-state index in [0.29, 0.717) is 24.5 Å². The molecule has 4 nitrogen and oxygen atoms in total. The molecule has 3 aromatic carbocycles. The van der Waals surface area contributed by atoms with E-state index >= 15 is 0 Å². The molecule has 5 rings (SSSR count). The van der Waals surface area contributed by atoms with Gasteiger partial charge in [0, 0.05) is 22.7 Å². The summed E-state index contributed by atoms with van der Waals surface area (Å²) in [6, 6.07) is 28.2. The number of thioether (sulfide) groups is 1. The van der Waals surface area contributed by atoms with Gasteiger partial charge >= 0.3 is 0 Å². The summed E-state index contributed by atoms with van der Waals surface area (Å²) in [5, 5.41) is 1.79. The zero-order valence-corrected chi connectivity index (χ0v) is 19.4. The van der Waals surface area contributed by atoms with Crippen molar-refractivity contribution in [1.82, 2.24) is 9.47 Å². The van der Waals surface area contributed by atoms with Gasteiger partial charge in [-0.3, -0.25) is 14.7 Å². The number of benzene rings is 3. The number of terminal acetylenes is 1. The third-order valence-electron chi connectivity index (χ3n) is 5.68. The Morgan fingerprint density at radius 1 is 0.912 bits per heavy atom. The fourth-order valence-electron chi connectivity index (χ4n) is 4.03. The maximum atomic E-state index is 13.5. The summed E-state index contributed by atoms with van der Waals surface area (Å²) in [6.07, 6.45) is 9.55. The fraction of sp³-hybridized carbons (Fsp3) is 0.103. The van der Waals surface area contributed by atoms with Gasteiger partial charge in [0.15, 0.2) is 5.17 Å². The molecule has 5 heteroatoms. The van der Waals surface area contributed by atoms with E-state index in [0.717, 1.165) is 32.8 Å². The third kappa shape index (κ3) is 4.54. The second kappa shape index (κ2) is 9.86. The number of fused-ring (bicyclic) bond motifs is 1. The molecule has 0 unspecified atom stereocenters. The van der Waals surface area contributed by atoms with Gasteiger partial charge in [-0.25, -0.2) is 0 Å². The molecule has 1 fully saturated rings. The van der Waals surface area contributed by atoms with Gasteiger partial charge in [-0.1, -0.05) is 84.8 Å². The van der Waals surface area contributed by atoms with E-state index in [1.54, 1.807) is 4.90 Å². The van der Waals surface area contributed by atoms with Crippen LogP contribution in [0, 0.1) is 12.3 Å². The van der Waals surface area contributed by atoms with Gasteiger partial charge in [0.2, 0.25) is 0 Å². The number of carbonyl (C=O) groups excluding carboxylic acids is 1. The van der Waals surface area contributed by atoms with Crippen molar-refractivity contribution in [2.75, 3.05) is 0 Å². The second-order valence-electron chi connectivity index (χ2n) is 8.01. The lowest BCUT2D eigenvalue weighted by atomic mass is 10.1. The van der Waals surface area contributed by atoms with Crippen molar-refractivity contribution in [3.63, 3.8) is 0 Å². The van der Waals surface area contributed by atoms with Crippen LogP contribution in [0.2, 0.25) is 0 Å². The van der Waals surface area contributed by atoms with Crippen LogP contribution in [0.5, 0.6) is 0 Å². The van der Waals surface area contributed by atoms with E-state index in [2.05, 4.69) is 12.0 Å². The van der Waals surface area contributed by atoms with Crippen LogP contribution in [0.4, 0.5) is 0 Å². The molecule has 1 aromatic heterocycles. The minimum atomic E-state index is -0.0329. The van der Waals surface area contributed by atoms with Crippen molar-refractivity contribution in [2.45, 2.75) is 19.6 Å². The quantitative estimate of drug-likeness (QED) is 0.263. The molecular weight excluding hydrogens is 438 g/mol. The number of aliphatic imine (C=N–C) groups is 1. The van der Waals surface area contributed by atoms with E-state index in [9.17, 15) is 4.79 Å². The van der Waals surface area contributed by atoms with E-state index in [-0.39, 0.29) is 5.91 Å². The summed E-state index contributed by atoms with van der Waals surface area (Å²) in [6.45, 7) is 1.49. The van der Waals surface area contributed by atoms with Crippen LogP contribution < -0.4 is 0 Å². The number of carbonyl (C=O) groups is 1. The van der Waals surface area contributed by atoms with Crippen LogP contribution in [-0.2, 0) is 24.4 Å². The van der Waals surface area contributed by atoms with Crippen molar-refractivity contribution in [3.05, 3.63) is 113 Å². The number of nitrogens with zero attached hydrogens (tertiary/aromatic N) is 3. The maximum Gasteiger partial charge on any atom is 0.267 e. The van der Waals surface area contributed by atoms with Crippen LogP contribution in [0.25, 0.3) is 17.0 Å². The molecule has 1 aliphatic rings. The number of rotatable bonds is 6. The summed E-state index contributed by atoms with van der Waals surface area (Å²) in [5.74, 6) is 2.68. The zero-order valence-electron chi connectivity index (χ0n) is 18.6. The van der Waals surface area contributed by atoms with Crippen molar-refractivity contribution in [3.8, 4) is 12.3 Å². The smallest absolute Gasteiger partial charge is 0.267 e. The molecule has 2 heterocycles. The van der Waals surface area contributed by atoms with Gasteiger partial charge in [-0.15, -0.1) is 6.42 Å². The molecule has 1 saturated heterocycles. The molecule has 0 saturated carbocycles. The molecule has 1 aliphatic heterocycles. The SMILES string of the molecule is C#CCn1cc(/C=C2\SC(=NCc3ccccc3)N(Cc3ccccc3)C2=O)c2ccccc21. The summed E-state index contributed by atoms with van der Waals surface area (Å²) in [4.78, 5) is 20.8. The van der Waals surface area contributed by atoms with E-state index < -0.39 is 0 Å². The van der Waals surface area contributed by atoms with Crippen LogP contribution >= 0.6 is 11.8 Å². The zero-order chi connectivity index (χ0) is 23.3. The monoisotopic (exact) mass is 461 g/mol. The van der Waals surface area contributed by atoms with Crippen molar-refractivity contribution in [1.29, 1.82) is 0 Å². The molecule has 0 radical (unpaired) electrons. The molecule has 166 valence electrons. The Labute approximate surface area is 203 Å². The molecule has 0 aliphatic carbocycles. The van der Waals surface area contributed by atoms with Gasteiger partial charge in [0.1, 0.15) is 0 Å². The van der Waals surface area contributed by atoms with Gasteiger partial charge in [0.05, 0.1) is 24.5 Å². The first-order valence-corrected chi connectivity index (χ1v) is 11.9. The highest BCUT2D eigenvalue weighted by Crippen LogP contribution is 2.35. The number of aromatic nitrogens is 1. The molecule has 4 aromatic rings. The van der Waals surface area contributed by atoms with Gasteiger partial charge < -0.3 is 4.57 Å². The van der Waals surface area contributed by atoms with Gasteiger partial charge in [-0.2, -0.15) is 0 Å². The molecular formula is C29H23N3OS. The van der Waals surface area contributed by atoms with Gasteiger partial charge in [-0.05, 0) is 35.0 Å². The Morgan fingerprint density at radius 2 is 1.59 bits per heavy atom. The number of hydrogen-bond donors (Lipinski definition) is 0. The van der Waals surface area contributed by atoms with Crippen molar-refractivity contribution in [2.24, 2.45) is 4.99 Å². The normalized spacial score (nSPS) is 16.0. The minimum Gasteiger partial charge on any atom is -0.335 e. The highest BCUT2D eigenvalue weighted by atomic mass is 32.2. The number of amides is 1. The standard InChI is InChI=1S/C29H23N3OS/c1-2-17-31-21-24(25-15-9-10-16-26(25)31)18-27-28(33)32(20-23-13-7-4-8-14-23)29(34-27)30-19-22-11-5-3-6-12-22/h1,3-16,18,21H,17,19-20H2/b27-18-,30-29?. The highest BCUT2D eigenvalue weighted by molar-refractivity contribution is 8.18. The number of para-hydroxylation sites is 1. The molecule has 0 bridgehead atoms. The average Bonchev–Trinajstić information content (AvgIpc) is 3.37. The van der Waals surface area contributed by atoms with Gasteiger partial charge in [0.25, 0.3) is 5.91 Å². The summed E-state index contributed by atoms with van der Waals surface area (Å²) in [5.41, 5.74) is 4.21. The Kier molecular flexibility index (Phi) is 6.33. The van der Waals surface area contributed by atoms with Crippen LogP contribution in [0.15, 0.2) is 101 Å². The lowest BCUT2D eigenvalue weighted by Crippen LogP contribution is -2.28. The lowest BCUT2D eigenvalue weighted by Gasteiger charge is -2.15. The Balaban J connectivity index is 1.51. The summed E-state index contributed by atoms with van der Waals surface area (Å²) >= 11 is 1.43. The average molecular weight is 462 g/mol. The number of amidine groups is 1. The molecule has 0 N–H and O–H groups in total. The molecule has 0 atom stereocenters. The number of hydrogen-bond acceptors (Lipinski definition) is 3. The van der Waals surface area contributed by atoms with Crippen molar-refractivity contribution < 1.29 is 4.79 Å². The fourth-order valence-corrected chi connectivity index (χ4v) is 5.00. The Hall–Kier alpha value is -4.01. The highest BCUT2D eigenvalue weighted by Gasteiger charge is 2.33. The maximum absolute atomic E-state index is 13.5. The largest absolute Gasteiger partial charge is 0.335 e. The second-order valence-corrected chi connectivity index (χ2v) is 9.01. The third-order valence-corrected chi connectivity index (χ3v) is 6.72. The topological polar surface area (TPSA) is 37.6 Å². The first-order valence-electron chi connectivity index (χ1n) is 11.1. The first kappa shape index (κ1) is 21.8. The lowest BCUT2D eigenvalue weighted by molar-refractivity contribution is -0.122. The predicted octanol–water partition coefficient (Wildman–Crippen LogP) is 5.95.